The van der Waals surface area contributed by atoms with Crippen LogP contribution in [0.5, 0.6) is 5.75 Å². The maximum atomic E-state index is 10.8. The normalized spacial score (nSPS) is 9.57. The highest BCUT2D eigenvalue weighted by molar-refractivity contribution is 5.78. The Hall–Kier alpha value is -1.51. The predicted molar refractivity (Wildman–Crippen MR) is 56.7 cm³/mol. The van der Waals surface area contributed by atoms with Gasteiger partial charge in [0.05, 0.1) is 12.8 Å². The number of hydrogen-bond donors (Lipinski definition) is 0. The van der Waals surface area contributed by atoms with Gasteiger partial charge >= 0.3 is 0 Å². The third-order valence-corrected chi connectivity index (χ3v) is 1.99. The first-order valence-corrected chi connectivity index (χ1v) is 4.68. The molecule has 0 saturated heterocycles. The summed E-state index contributed by atoms with van der Waals surface area (Å²) in [6.07, 6.45) is 1.76. The van der Waals surface area contributed by atoms with Gasteiger partial charge in [-0.3, -0.25) is 4.79 Å². The Kier molecular flexibility index (Phi) is 3.98. The van der Waals surface area contributed by atoms with Crippen molar-refractivity contribution in [2.24, 2.45) is 0 Å². The van der Waals surface area contributed by atoms with E-state index in [1.54, 1.807) is 12.0 Å². The first-order valence-electron chi connectivity index (χ1n) is 4.68. The minimum atomic E-state index is 0.712. The molecule has 14 heavy (non-hydrogen) atoms. The summed E-state index contributed by atoms with van der Waals surface area (Å²) < 4.78 is 5.17. The first-order chi connectivity index (χ1) is 6.83. The van der Waals surface area contributed by atoms with Gasteiger partial charge in [0.1, 0.15) is 5.75 Å². The van der Waals surface area contributed by atoms with E-state index in [1.807, 2.05) is 31.2 Å². The van der Waals surface area contributed by atoms with Crippen LogP contribution >= 0.6 is 0 Å². The van der Waals surface area contributed by atoms with Crippen molar-refractivity contribution in [3.05, 3.63) is 24.3 Å². The second-order valence-electron chi connectivity index (χ2n) is 2.97. The average Bonchev–Trinajstić information content (AvgIpc) is 2.26. The number of ether oxygens (including phenoxy) is 1. The molecule has 3 heteroatoms. The van der Waals surface area contributed by atoms with Crippen molar-refractivity contribution in [3.63, 3.8) is 0 Å². The molecule has 0 aliphatic carbocycles. The van der Waals surface area contributed by atoms with Gasteiger partial charge in [-0.2, -0.15) is 0 Å². The molecule has 1 amide bonds. The Labute approximate surface area is 84.3 Å². The number of carbonyl (C=O) groups is 1. The van der Waals surface area contributed by atoms with E-state index in [-0.39, 0.29) is 0 Å². The van der Waals surface area contributed by atoms with Crippen molar-refractivity contribution in [3.8, 4) is 5.75 Å². The Balaban J connectivity index is 2.95. The number of benzene rings is 1. The van der Waals surface area contributed by atoms with Gasteiger partial charge in [0.15, 0.2) is 0 Å². The van der Waals surface area contributed by atoms with Gasteiger partial charge in [0.25, 0.3) is 0 Å². The zero-order chi connectivity index (χ0) is 10.4. The summed E-state index contributed by atoms with van der Waals surface area (Å²) in [4.78, 5) is 12.5. The minimum Gasteiger partial charge on any atom is -0.495 e. The molecule has 0 bridgehead atoms. The molecule has 0 fully saturated rings. The lowest BCUT2D eigenvalue weighted by Gasteiger charge is -2.18. The van der Waals surface area contributed by atoms with Crippen LogP contribution in [-0.2, 0) is 4.79 Å². The quantitative estimate of drug-likeness (QED) is 0.670. The van der Waals surface area contributed by atoms with Crippen LogP contribution in [0.3, 0.4) is 0 Å². The van der Waals surface area contributed by atoms with E-state index < -0.39 is 0 Å². The molecule has 0 N–H and O–H groups in total. The van der Waals surface area contributed by atoms with Crippen LogP contribution in [0, 0.1) is 0 Å². The van der Waals surface area contributed by atoms with Gasteiger partial charge in [0.2, 0.25) is 6.41 Å². The number of para-hydroxylation sites is 2. The average molecular weight is 193 g/mol. The Morgan fingerprint density at radius 3 is 2.71 bits per heavy atom. The number of hydrogen-bond acceptors (Lipinski definition) is 2. The van der Waals surface area contributed by atoms with Crippen molar-refractivity contribution in [1.82, 2.24) is 0 Å². The van der Waals surface area contributed by atoms with Crippen LogP contribution in [0.2, 0.25) is 0 Å². The molecule has 76 valence electrons. The molecular weight excluding hydrogens is 178 g/mol. The van der Waals surface area contributed by atoms with Crippen molar-refractivity contribution in [2.45, 2.75) is 13.3 Å². The highest BCUT2D eigenvalue weighted by Gasteiger charge is 2.08. The lowest BCUT2D eigenvalue weighted by Crippen LogP contribution is -2.22. The summed E-state index contributed by atoms with van der Waals surface area (Å²) in [5.41, 5.74) is 0.826. The second kappa shape index (κ2) is 5.27. The van der Waals surface area contributed by atoms with Crippen LogP contribution < -0.4 is 9.64 Å². The smallest absolute Gasteiger partial charge is 0.214 e. The molecule has 1 aromatic rings. The third-order valence-electron chi connectivity index (χ3n) is 1.99. The van der Waals surface area contributed by atoms with E-state index >= 15 is 0 Å². The monoisotopic (exact) mass is 193 g/mol. The van der Waals surface area contributed by atoms with Gasteiger partial charge in [-0.25, -0.2) is 0 Å². The van der Waals surface area contributed by atoms with E-state index in [1.165, 1.54) is 0 Å². The molecule has 0 radical (unpaired) electrons. The van der Waals surface area contributed by atoms with Crippen LogP contribution in [0.1, 0.15) is 13.3 Å². The molecule has 0 aromatic heterocycles. The number of nitrogens with zero attached hydrogens (tertiary/aromatic N) is 1. The second-order valence-corrected chi connectivity index (χ2v) is 2.97. The maximum absolute atomic E-state index is 10.8. The van der Waals surface area contributed by atoms with Crippen LogP contribution in [-0.4, -0.2) is 20.1 Å². The lowest BCUT2D eigenvalue weighted by molar-refractivity contribution is -0.107. The molecule has 0 unspecified atom stereocenters. The molecule has 0 saturated carbocycles. The molecule has 1 rings (SSSR count). The summed E-state index contributed by atoms with van der Waals surface area (Å²) in [5, 5.41) is 0. The van der Waals surface area contributed by atoms with Crippen molar-refractivity contribution < 1.29 is 9.53 Å². The van der Waals surface area contributed by atoms with Crippen LogP contribution in [0.4, 0.5) is 5.69 Å². The summed E-state index contributed by atoms with van der Waals surface area (Å²) in [6.45, 7) is 2.75. The highest BCUT2D eigenvalue weighted by Crippen LogP contribution is 2.26. The molecule has 0 aliphatic heterocycles. The third kappa shape index (κ3) is 2.25. The van der Waals surface area contributed by atoms with Gasteiger partial charge in [-0.05, 0) is 18.6 Å². The summed E-state index contributed by atoms with van der Waals surface area (Å²) >= 11 is 0. The SMILES string of the molecule is CCCN(C=O)c1ccccc1OC. The number of carbonyl (C=O) groups excluding carboxylic acids is 1. The lowest BCUT2D eigenvalue weighted by atomic mass is 10.2. The van der Waals surface area contributed by atoms with E-state index in [9.17, 15) is 4.79 Å². The molecule has 0 heterocycles. The molecule has 0 aliphatic rings. The number of anilines is 1. The molecule has 0 atom stereocenters. The summed E-state index contributed by atoms with van der Waals surface area (Å²) in [5.74, 6) is 0.730. The van der Waals surface area contributed by atoms with Crippen molar-refractivity contribution in [2.75, 3.05) is 18.6 Å². The fourth-order valence-electron chi connectivity index (χ4n) is 1.34. The highest BCUT2D eigenvalue weighted by atomic mass is 16.5. The van der Waals surface area contributed by atoms with Crippen molar-refractivity contribution in [1.29, 1.82) is 0 Å². The Morgan fingerprint density at radius 1 is 1.43 bits per heavy atom. The molecular formula is C11H15NO2. The maximum Gasteiger partial charge on any atom is 0.214 e. The van der Waals surface area contributed by atoms with E-state index in [2.05, 4.69) is 0 Å². The van der Waals surface area contributed by atoms with Gasteiger partial charge in [-0.1, -0.05) is 19.1 Å². The number of rotatable bonds is 5. The van der Waals surface area contributed by atoms with E-state index in [4.69, 9.17) is 4.74 Å². The molecule has 1 aromatic carbocycles. The fourth-order valence-corrected chi connectivity index (χ4v) is 1.34. The number of amides is 1. The predicted octanol–water partition coefficient (Wildman–Crippen LogP) is 2.07. The largest absolute Gasteiger partial charge is 0.495 e. The minimum absolute atomic E-state index is 0.712. The summed E-state index contributed by atoms with van der Waals surface area (Å²) in [7, 11) is 1.60. The van der Waals surface area contributed by atoms with Gasteiger partial charge < -0.3 is 9.64 Å². The zero-order valence-corrected chi connectivity index (χ0v) is 8.56. The standard InChI is InChI=1S/C11H15NO2/c1-3-8-12(9-13)10-6-4-5-7-11(10)14-2/h4-7,9H,3,8H2,1-2H3. The fraction of sp³-hybridized carbons (Fsp3) is 0.364. The van der Waals surface area contributed by atoms with E-state index in [0.717, 1.165) is 24.3 Å². The van der Waals surface area contributed by atoms with Crippen LogP contribution in [0.15, 0.2) is 24.3 Å². The molecule has 0 spiro atoms. The van der Waals surface area contributed by atoms with Gasteiger partial charge in [0, 0.05) is 6.54 Å². The number of methoxy groups -OCH3 is 1. The topological polar surface area (TPSA) is 29.5 Å². The van der Waals surface area contributed by atoms with Crippen molar-refractivity contribution >= 4 is 12.1 Å². The summed E-state index contributed by atoms with van der Waals surface area (Å²) in [6, 6.07) is 7.51. The van der Waals surface area contributed by atoms with Crippen LogP contribution in [0.25, 0.3) is 0 Å². The van der Waals surface area contributed by atoms with Gasteiger partial charge in [-0.15, -0.1) is 0 Å². The Morgan fingerprint density at radius 2 is 2.14 bits per heavy atom. The zero-order valence-electron chi connectivity index (χ0n) is 8.56. The Bertz CT molecular complexity index is 299. The van der Waals surface area contributed by atoms with E-state index in [0.29, 0.717) is 6.54 Å². The molecule has 3 nitrogen and oxygen atoms in total. The first kappa shape index (κ1) is 10.6.